The number of benzene rings is 1. The van der Waals surface area contributed by atoms with Gasteiger partial charge in [0, 0.05) is 16.8 Å². The van der Waals surface area contributed by atoms with Crippen LogP contribution in [0, 0.1) is 11.2 Å². The zero-order valence-corrected chi connectivity index (χ0v) is 9.39. The Labute approximate surface area is 91.4 Å². The number of rotatable bonds is 4. The van der Waals surface area contributed by atoms with Gasteiger partial charge in [0.1, 0.15) is 11.6 Å². The smallest absolute Gasteiger partial charge is 0.126 e. The van der Waals surface area contributed by atoms with E-state index in [1.807, 2.05) is 0 Å². The molecule has 0 heterocycles. The molecule has 1 aromatic carbocycles. The van der Waals surface area contributed by atoms with Crippen molar-refractivity contribution in [2.45, 2.75) is 12.8 Å². The quantitative estimate of drug-likeness (QED) is 0.753. The maximum absolute atomic E-state index is 12.8. The Hall–Kier alpha value is -0.570. The Morgan fingerprint density at radius 2 is 2.21 bits per heavy atom. The first-order valence-corrected chi connectivity index (χ1v) is 5.81. The minimum Gasteiger partial charge on any atom is -0.493 e. The maximum atomic E-state index is 12.8. The highest BCUT2D eigenvalue weighted by molar-refractivity contribution is 9.09. The Balaban J connectivity index is 1.92. The molecule has 0 aromatic heterocycles. The van der Waals surface area contributed by atoms with Gasteiger partial charge in [0.15, 0.2) is 0 Å². The van der Waals surface area contributed by atoms with Gasteiger partial charge in [-0.3, -0.25) is 0 Å². The molecular weight excluding hydrogens is 247 g/mol. The molecule has 1 aliphatic carbocycles. The molecule has 0 saturated heterocycles. The summed E-state index contributed by atoms with van der Waals surface area (Å²) in [5, 5.41) is 0.968. The molecule has 1 saturated carbocycles. The number of hydrogen-bond donors (Lipinski definition) is 0. The first kappa shape index (κ1) is 9.97. The highest BCUT2D eigenvalue weighted by Gasteiger charge is 2.42. The van der Waals surface area contributed by atoms with Gasteiger partial charge >= 0.3 is 0 Å². The van der Waals surface area contributed by atoms with Crippen LogP contribution < -0.4 is 4.74 Å². The topological polar surface area (TPSA) is 9.23 Å². The second-order valence-electron chi connectivity index (χ2n) is 3.88. The summed E-state index contributed by atoms with van der Waals surface area (Å²) in [6.45, 7) is 0.682. The van der Waals surface area contributed by atoms with Crippen LogP contribution in [-0.2, 0) is 0 Å². The standard InChI is InChI=1S/C11H12BrFO/c12-7-11(4-5-11)8-14-10-3-1-2-9(13)6-10/h1-3,6H,4-5,7-8H2. The zero-order chi connectivity index (χ0) is 10.0. The Morgan fingerprint density at radius 3 is 2.79 bits per heavy atom. The second kappa shape index (κ2) is 3.89. The van der Waals surface area contributed by atoms with Gasteiger partial charge in [-0.15, -0.1) is 0 Å². The molecule has 3 heteroatoms. The molecule has 0 unspecified atom stereocenters. The van der Waals surface area contributed by atoms with Gasteiger partial charge in [-0.1, -0.05) is 22.0 Å². The van der Waals surface area contributed by atoms with Gasteiger partial charge in [0.2, 0.25) is 0 Å². The minimum absolute atomic E-state index is 0.244. The van der Waals surface area contributed by atoms with E-state index in [2.05, 4.69) is 15.9 Å². The molecule has 0 bridgehead atoms. The van der Waals surface area contributed by atoms with Crippen molar-refractivity contribution >= 4 is 15.9 Å². The molecule has 0 spiro atoms. The SMILES string of the molecule is Fc1cccc(OCC2(CBr)CC2)c1. The lowest BCUT2D eigenvalue weighted by Gasteiger charge is -2.12. The van der Waals surface area contributed by atoms with Gasteiger partial charge < -0.3 is 4.74 Å². The largest absolute Gasteiger partial charge is 0.493 e. The lowest BCUT2D eigenvalue weighted by Crippen LogP contribution is -2.14. The van der Waals surface area contributed by atoms with E-state index >= 15 is 0 Å². The Morgan fingerprint density at radius 1 is 1.43 bits per heavy atom. The van der Waals surface area contributed by atoms with Crippen molar-refractivity contribution in [3.63, 3.8) is 0 Å². The van der Waals surface area contributed by atoms with E-state index in [0.29, 0.717) is 17.8 Å². The van der Waals surface area contributed by atoms with E-state index in [1.54, 1.807) is 12.1 Å². The molecule has 14 heavy (non-hydrogen) atoms. The molecule has 0 amide bonds. The molecular formula is C11H12BrFO. The molecule has 0 N–H and O–H groups in total. The third-order valence-corrected chi connectivity index (χ3v) is 3.77. The Kier molecular flexibility index (Phi) is 2.77. The van der Waals surface area contributed by atoms with Crippen LogP contribution in [0.25, 0.3) is 0 Å². The first-order valence-electron chi connectivity index (χ1n) is 4.68. The monoisotopic (exact) mass is 258 g/mol. The summed E-state index contributed by atoms with van der Waals surface area (Å²) in [7, 11) is 0. The fraction of sp³-hybridized carbons (Fsp3) is 0.455. The maximum Gasteiger partial charge on any atom is 0.126 e. The molecule has 0 aliphatic heterocycles. The summed E-state index contributed by atoms with van der Waals surface area (Å²) in [6, 6.07) is 6.29. The van der Waals surface area contributed by atoms with Crippen molar-refractivity contribution < 1.29 is 9.13 Å². The van der Waals surface area contributed by atoms with Crippen LogP contribution in [0.2, 0.25) is 0 Å². The fourth-order valence-electron chi connectivity index (χ4n) is 1.29. The van der Waals surface area contributed by atoms with Crippen molar-refractivity contribution in [2.24, 2.45) is 5.41 Å². The summed E-state index contributed by atoms with van der Waals surface area (Å²) in [4.78, 5) is 0. The van der Waals surface area contributed by atoms with E-state index < -0.39 is 0 Å². The van der Waals surface area contributed by atoms with Crippen molar-refractivity contribution in [2.75, 3.05) is 11.9 Å². The molecule has 1 aromatic rings. The average molecular weight is 259 g/mol. The van der Waals surface area contributed by atoms with Gasteiger partial charge in [-0.25, -0.2) is 4.39 Å². The number of ether oxygens (including phenoxy) is 1. The number of alkyl halides is 1. The second-order valence-corrected chi connectivity index (χ2v) is 4.44. The van der Waals surface area contributed by atoms with Crippen LogP contribution in [0.15, 0.2) is 24.3 Å². The summed E-state index contributed by atoms with van der Waals surface area (Å²) in [5.41, 5.74) is 0.312. The van der Waals surface area contributed by atoms with Crippen LogP contribution in [0.3, 0.4) is 0 Å². The number of hydrogen-bond acceptors (Lipinski definition) is 1. The van der Waals surface area contributed by atoms with Crippen LogP contribution in [0.5, 0.6) is 5.75 Å². The molecule has 2 rings (SSSR count). The number of halogens is 2. The summed E-state index contributed by atoms with van der Waals surface area (Å²) in [5.74, 6) is 0.378. The van der Waals surface area contributed by atoms with Crippen LogP contribution in [0.1, 0.15) is 12.8 Å². The predicted octanol–water partition coefficient (Wildman–Crippen LogP) is 3.38. The molecule has 1 aliphatic rings. The third-order valence-electron chi connectivity index (χ3n) is 2.58. The van der Waals surface area contributed by atoms with Gasteiger partial charge in [-0.05, 0) is 25.0 Å². The summed E-state index contributed by atoms with van der Waals surface area (Å²) < 4.78 is 18.3. The fourth-order valence-corrected chi connectivity index (χ4v) is 2.01. The van der Waals surface area contributed by atoms with Gasteiger partial charge in [0.05, 0.1) is 6.61 Å². The highest BCUT2D eigenvalue weighted by atomic mass is 79.9. The lowest BCUT2D eigenvalue weighted by molar-refractivity contribution is 0.250. The minimum atomic E-state index is -0.244. The summed E-state index contributed by atoms with van der Waals surface area (Å²) in [6.07, 6.45) is 2.40. The highest BCUT2D eigenvalue weighted by Crippen LogP contribution is 2.47. The molecule has 1 nitrogen and oxygen atoms in total. The third kappa shape index (κ3) is 2.27. The summed E-state index contributed by atoms with van der Waals surface area (Å²) >= 11 is 3.47. The van der Waals surface area contributed by atoms with E-state index in [4.69, 9.17) is 4.74 Å². The van der Waals surface area contributed by atoms with E-state index in [0.717, 1.165) is 5.33 Å². The van der Waals surface area contributed by atoms with E-state index in [1.165, 1.54) is 25.0 Å². The van der Waals surface area contributed by atoms with Crippen molar-refractivity contribution in [3.8, 4) is 5.75 Å². The van der Waals surface area contributed by atoms with Crippen molar-refractivity contribution in [3.05, 3.63) is 30.1 Å². The average Bonchev–Trinajstić information content (AvgIpc) is 2.96. The van der Waals surface area contributed by atoms with E-state index in [9.17, 15) is 4.39 Å². The van der Waals surface area contributed by atoms with Gasteiger partial charge in [-0.2, -0.15) is 0 Å². The normalized spacial score (nSPS) is 17.9. The Bertz CT molecular complexity index is 323. The van der Waals surface area contributed by atoms with Crippen molar-refractivity contribution in [1.82, 2.24) is 0 Å². The first-order chi connectivity index (χ1) is 6.74. The predicted molar refractivity (Wildman–Crippen MR) is 57.4 cm³/mol. The lowest BCUT2D eigenvalue weighted by atomic mass is 10.2. The molecule has 0 radical (unpaired) electrons. The molecule has 76 valence electrons. The van der Waals surface area contributed by atoms with Crippen LogP contribution in [0.4, 0.5) is 4.39 Å². The van der Waals surface area contributed by atoms with Crippen LogP contribution in [-0.4, -0.2) is 11.9 Å². The molecule has 0 atom stereocenters. The zero-order valence-electron chi connectivity index (χ0n) is 7.80. The van der Waals surface area contributed by atoms with Crippen molar-refractivity contribution in [1.29, 1.82) is 0 Å². The van der Waals surface area contributed by atoms with Gasteiger partial charge in [0.25, 0.3) is 0 Å². The van der Waals surface area contributed by atoms with E-state index in [-0.39, 0.29) is 5.82 Å². The molecule has 1 fully saturated rings. The van der Waals surface area contributed by atoms with Crippen LogP contribution >= 0.6 is 15.9 Å².